The van der Waals surface area contributed by atoms with Crippen LogP contribution < -0.4 is 11.2 Å². The van der Waals surface area contributed by atoms with Crippen LogP contribution in [-0.2, 0) is 0 Å². The van der Waals surface area contributed by atoms with Gasteiger partial charge in [0.05, 0.1) is 5.69 Å². The molecule has 0 bridgehead atoms. The Morgan fingerprint density at radius 3 is 2.00 bits per heavy atom. The summed E-state index contributed by atoms with van der Waals surface area (Å²) in [5, 5.41) is 18.5. The number of aromatic amines is 1. The number of nitrogens with one attached hydrogen (secondary N) is 1. The van der Waals surface area contributed by atoms with Crippen LogP contribution in [0.15, 0.2) is 33.9 Å². The summed E-state index contributed by atoms with van der Waals surface area (Å²) >= 11 is 5.69. The molecule has 0 aliphatic carbocycles. The van der Waals surface area contributed by atoms with Gasteiger partial charge in [-0.25, -0.2) is 14.4 Å². The molecule has 118 valence electrons. The first-order valence-electron chi connectivity index (χ1n) is 5.44. The van der Waals surface area contributed by atoms with E-state index in [0.29, 0.717) is 9.59 Å². The van der Waals surface area contributed by atoms with Gasteiger partial charge in [0.2, 0.25) is 0 Å². The minimum atomic E-state index is -1.75. The maximum atomic E-state index is 11.8. The van der Waals surface area contributed by atoms with Gasteiger partial charge in [-0.3, -0.25) is 14.3 Å². The molecule has 11 heteroatoms. The van der Waals surface area contributed by atoms with E-state index in [1.807, 2.05) is 0 Å². The number of carbonyl (C=O) groups is 2. The number of H-pyrrole nitrogens is 1. The Bertz CT molecular complexity index is 857. The monoisotopic (exact) mass is 352 g/mol. The molecule has 0 unspecified atom stereocenters. The molecule has 23 heavy (non-hydrogen) atoms. The molecule has 2 rings (SSSR count). The fourth-order valence-electron chi connectivity index (χ4n) is 1.77. The van der Waals surface area contributed by atoms with Crippen molar-refractivity contribution in [2.24, 2.45) is 0 Å². The molecule has 0 saturated heterocycles. The van der Waals surface area contributed by atoms with Crippen molar-refractivity contribution in [1.29, 1.82) is 0 Å². The zero-order chi connectivity index (χ0) is 15.7. The van der Waals surface area contributed by atoms with Gasteiger partial charge in [0.15, 0.2) is 11.3 Å². The molecule has 0 saturated carbocycles. The SMILES string of the molecule is O.O=C(O)c1c(C(=O)O)n(-c2ccc(Cl)cc2)c(=O)[nH]c1=O.[NaH]. The molecule has 0 amide bonds. The van der Waals surface area contributed by atoms with Crippen molar-refractivity contribution in [3.63, 3.8) is 0 Å². The summed E-state index contributed by atoms with van der Waals surface area (Å²) in [6.07, 6.45) is 0. The van der Waals surface area contributed by atoms with Crippen LogP contribution in [-0.4, -0.2) is 66.7 Å². The summed E-state index contributed by atoms with van der Waals surface area (Å²) in [4.78, 5) is 47.5. The number of halogens is 1. The van der Waals surface area contributed by atoms with Crippen LogP contribution in [0.4, 0.5) is 0 Å². The quantitative estimate of drug-likeness (QED) is 0.606. The van der Waals surface area contributed by atoms with E-state index in [-0.39, 0.29) is 40.7 Å². The van der Waals surface area contributed by atoms with Gasteiger partial charge in [0, 0.05) is 5.02 Å². The van der Waals surface area contributed by atoms with Gasteiger partial charge >= 0.3 is 47.2 Å². The normalized spacial score (nSPS) is 9.43. The molecule has 0 aliphatic heterocycles. The van der Waals surface area contributed by atoms with Gasteiger partial charge in [-0.2, -0.15) is 0 Å². The Balaban J connectivity index is 0.00000242. The van der Waals surface area contributed by atoms with E-state index in [1.54, 1.807) is 4.98 Å². The van der Waals surface area contributed by atoms with Crippen molar-refractivity contribution in [3.8, 4) is 5.69 Å². The number of hydrogen-bond acceptors (Lipinski definition) is 4. The molecule has 5 N–H and O–H groups in total. The number of aromatic nitrogens is 2. The number of carboxylic acid groups (broad SMARTS) is 2. The Labute approximate surface area is 154 Å². The molecule has 0 radical (unpaired) electrons. The van der Waals surface area contributed by atoms with Crippen molar-refractivity contribution in [1.82, 2.24) is 9.55 Å². The molecule has 1 heterocycles. The predicted molar refractivity (Wildman–Crippen MR) is 82.4 cm³/mol. The molecule has 1 aromatic heterocycles. The third-order valence-corrected chi connectivity index (χ3v) is 2.86. The van der Waals surface area contributed by atoms with E-state index in [0.717, 1.165) is 0 Å². The van der Waals surface area contributed by atoms with Crippen LogP contribution in [0.1, 0.15) is 20.8 Å². The first-order valence-corrected chi connectivity index (χ1v) is 5.82. The summed E-state index contributed by atoms with van der Waals surface area (Å²) < 4.78 is 0.587. The average Bonchev–Trinajstić information content (AvgIpc) is 2.38. The van der Waals surface area contributed by atoms with E-state index in [2.05, 4.69) is 0 Å². The number of nitrogens with zero attached hydrogens (tertiary/aromatic N) is 1. The van der Waals surface area contributed by atoms with E-state index >= 15 is 0 Å². The van der Waals surface area contributed by atoms with E-state index < -0.39 is 34.4 Å². The third kappa shape index (κ3) is 4.09. The molecular formula is C12H10ClN2NaO7. The van der Waals surface area contributed by atoms with Gasteiger partial charge in [0.1, 0.15) is 0 Å². The van der Waals surface area contributed by atoms with Gasteiger partial charge < -0.3 is 15.7 Å². The third-order valence-electron chi connectivity index (χ3n) is 2.61. The molecule has 0 spiro atoms. The van der Waals surface area contributed by atoms with Crippen LogP contribution in [0.2, 0.25) is 5.02 Å². The summed E-state index contributed by atoms with van der Waals surface area (Å²) in [6, 6.07) is 5.42. The fraction of sp³-hybridized carbons (Fsp3) is 0. The van der Waals surface area contributed by atoms with Crippen molar-refractivity contribution >= 4 is 53.1 Å². The molecular weight excluding hydrogens is 343 g/mol. The Kier molecular flexibility index (Phi) is 7.41. The average molecular weight is 353 g/mol. The molecule has 2 aromatic rings. The zero-order valence-electron chi connectivity index (χ0n) is 10.7. The zero-order valence-corrected chi connectivity index (χ0v) is 11.4. The molecule has 1 aromatic carbocycles. The van der Waals surface area contributed by atoms with Crippen molar-refractivity contribution in [2.75, 3.05) is 0 Å². The second-order valence-corrected chi connectivity index (χ2v) is 4.34. The Morgan fingerprint density at radius 1 is 1.04 bits per heavy atom. The van der Waals surface area contributed by atoms with Crippen molar-refractivity contribution in [3.05, 3.63) is 61.4 Å². The van der Waals surface area contributed by atoms with Crippen molar-refractivity contribution < 1.29 is 25.3 Å². The number of rotatable bonds is 3. The number of carboxylic acids is 2. The summed E-state index contributed by atoms with van der Waals surface area (Å²) in [5.41, 5.74) is -4.25. The van der Waals surface area contributed by atoms with Crippen molar-refractivity contribution in [2.45, 2.75) is 0 Å². The summed E-state index contributed by atoms with van der Waals surface area (Å²) in [7, 11) is 0. The van der Waals surface area contributed by atoms with Crippen LogP contribution in [0.5, 0.6) is 0 Å². The molecule has 0 atom stereocenters. The second kappa shape index (κ2) is 8.09. The van der Waals surface area contributed by atoms with Gasteiger partial charge in [-0.05, 0) is 24.3 Å². The van der Waals surface area contributed by atoms with Crippen LogP contribution >= 0.6 is 11.6 Å². The standard InChI is InChI=1S/C12H7ClN2O6.Na.H2O.H/c13-5-1-3-6(4-2-5)15-8(11(19)20)7(10(17)18)9(16)14-12(15)21;;;/h1-4H,(H,17,18)(H,19,20)(H,14,16,21);;1H2;. The second-order valence-electron chi connectivity index (χ2n) is 3.91. The Morgan fingerprint density at radius 2 is 1.57 bits per heavy atom. The summed E-state index contributed by atoms with van der Waals surface area (Å²) in [6.45, 7) is 0. The van der Waals surface area contributed by atoms with E-state index in [4.69, 9.17) is 21.8 Å². The summed E-state index contributed by atoms with van der Waals surface area (Å²) in [5.74, 6) is -3.47. The number of aromatic carboxylic acids is 2. The molecule has 9 nitrogen and oxygen atoms in total. The van der Waals surface area contributed by atoms with Crippen LogP contribution in [0.3, 0.4) is 0 Å². The minimum absolute atomic E-state index is 0. The first-order chi connectivity index (χ1) is 9.82. The fourth-order valence-corrected chi connectivity index (χ4v) is 1.90. The number of benzene rings is 1. The first kappa shape index (κ1) is 21.1. The van der Waals surface area contributed by atoms with Gasteiger partial charge in [-0.1, -0.05) is 11.6 Å². The van der Waals surface area contributed by atoms with E-state index in [1.165, 1.54) is 24.3 Å². The van der Waals surface area contributed by atoms with Crippen LogP contribution in [0.25, 0.3) is 5.69 Å². The molecule has 0 aliphatic rings. The van der Waals surface area contributed by atoms with Gasteiger partial charge in [-0.15, -0.1) is 0 Å². The predicted octanol–water partition coefficient (Wildman–Crippen LogP) is -0.898. The Hall–Kier alpha value is -1.91. The van der Waals surface area contributed by atoms with E-state index in [9.17, 15) is 19.2 Å². The van der Waals surface area contributed by atoms with Crippen LogP contribution in [0, 0.1) is 0 Å². The number of hydrogen-bond donors (Lipinski definition) is 3. The molecule has 0 fully saturated rings. The maximum absolute atomic E-state index is 11.8. The van der Waals surface area contributed by atoms with Gasteiger partial charge in [0.25, 0.3) is 5.56 Å². The topological polar surface area (TPSA) is 161 Å².